The lowest BCUT2D eigenvalue weighted by Gasteiger charge is -2.28. The number of hydrogen-bond acceptors (Lipinski definition) is 1. The minimum atomic E-state index is -1.02. The van der Waals surface area contributed by atoms with E-state index in [1.54, 1.807) is 49.4 Å². The first-order chi connectivity index (χ1) is 16.9. The molecule has 1 aliphatic rings. The Balaban J connectivity index is 1.50. The molecule has 35 heavy (non-hydrogen) atoms. The van der Waals surface area contributed by atoms with Crippen molar-refractivity contribution in [3.8, 4) is 16.9 Å². The van der Waals surface area contributed by atoms with E-state index in [1.165, 1.54) is 18.2 Å². The van der Waals surface area contributed by atoms with Crippen LogP contribution in [0.3, 0.4) is 0 Å². The van der Waals surface area contributed by atoms with E-state index < -0.39 is 23.3 Å². The molecule has 0 amide bonds. The highest BCUT2D eigenvalue weighted by atomic mass is 19.2. The van der Waals surface area contributed by atoms with Crippen LogP contribution in [-0.2, 0) is 0 Å². The predicted molar refractivity (Wildman–Crippen MR) is 133 cm³/mol. The second kappa shape index (κ2) is 11.1. The topological polar surface area (TPSA) is 9.23 Å². The van der Waals surface area contributed by atoms with Crippen LogP contribution in [0, 0.1) is 29.2 Å². The Bertz CT molecular complexity index is 1190. The maximum Gasteiger partial charge on any atom is 0.201 e. The lowest BCUT2D eigenvalue weighted by atomic mass is 9.77. The van der Waals surface area contributed by atoms with Gasteiger partial charge < -0.3 is 4.74 Å². The summed E-state index contributed by atoms with van der Waals surface area (Å²) in [6.45, 7) is 4.12. The number of rotatable bonds is 7. The molecule has 0 aliphatic heterocycles. The number of ether oxygens (including phenoxy) is 1. The minimum Gasteiger partial charge on any atom is -0.491 e. The Hall–Kier alpha value is -3.08. The highest BCUT2D eigenvalue weighted by Gasteiger charge is 2.26. The molecule has 1 fully saturated rings. The number of hydrogen-bond donors (Lipinski definition) is 0. The van der Waals surface area contributed by atoms with Gasteiger partial charge in [-0.1, -0.05) is 61.9 Å². The van der Waals surface area contributed by atoms with Crippen LogP contribution in [0.2, 0.25) is 0 Å². The highest BCUT2D eigenvalue weighted by molar-refractivity contribution is 5.73. The third-order valence-electron chi connectivity index (χ3n) is 7.03. The summed E-state index contributed by atoms with van der Waals surface area (Å²) in [5.41, 5.74) is 2.05. The van der Waals surface area contributed by atoms with Crippen molar-refractivity contribution in [1.82, 2.24) is 0 Å². The molecule has 184 valence electrons. The largest absolute Gasteiger partial charge is 0.491 e. The van der Waals surface area contributed by atoms with Gasteiger partial charge in [0.15, 0.2) is 23.2 Å². The molecule has 3 aromatic carbocycles. The number of halogens is 4. The van der Waals surface area contributed by atoms with E-state index in [1.807, 2.05) is 0 Å². The van der Waals surface area contributed by atoms with Gasteiger partial charge in [0.05, 0.1) is 6.61 Å². The van der Waals surface area contributed by atoms with Crippen molar-refractivity contribution in [2.75, 3.05) is 6.61 Å². The van der Waals surface area contributed by atoms with E-state index in [4.69, 9.17) is 4.74 Å². The zero-order chi connectivity index (χ0) is 24.9. The van der Waals surface area contributed by atoms with Crippen molar-refractivity contribution in [1.29, 1.82) is 0 Å². The second-order valence-electron chi connectivity index (χ2n) is 9.13. The molecular weight excluding hydrogens is 452 g/mol. The molecule has 1 nitrogen and oxygen atoms in total. The molecule has 0 bridgehead atoms. The Labute approximate surface area is 204 Å². The van der Waals surface area contributed by atoms with Crippen molar-refractivity contribution in [2.45, 2.75) is 51.9 Å². The molecule has 0 heterocycles. The quantitative estimate of drug-likeness (QED) is 0.241. The second-order valence-corrected chi connectivity index (χ2v) is 9.13. The van der Waals surface area contributed by atoms with Gasteiger partial charge in [0.1, 0.15) is 0 Å². The smallest absolute Gasteiger partial charge is 0.201 e. The molecule has 0 spiro atoms. The summed E-state index contributed by atoms with van der Waals surface area (Å²) in [6.07, 6.45) is 8.15. The lowest BCUT2D eigenvalue weighted by molar-refractivity contribution is 0.312. The van der Waals surface area contributed by atoms with Crippen LogP contribution >= 0.6 is 0 Å². The van der Waals surface area contributed by atoms with Crippen molar-refractivity contribution >= 4 is 12.2 Å². The molecule has 0 atom stereocenters. The molecule has 0 saturated heterocycles. The Morgan fingerprint density at radius 1 is 0.743 bits per heavy atom. The van der Waals surface area contributed by atoms with E-state index in [9.17, 15) is 13.2 Å². The third-order valence-corrected chi connectivity index (χ3v) is 7.03. The van der Waals surface area contributed by atoms with Crippen LogP contribution in [-0.4, -0.2) is 6.61 Å². The van der Waals surface area contributed by atoms with E-state index in [-0.39, 0.29) is 29.4 Å². The van der Waals surface area contributed by atoms with Gasteiger partial charge in [-0.15, -0.1) is 0 Å². The standard InChI is InChI=1S/C30H30F4O/c1-3-19-5-10-21(11-6-19)24-16-17-25(29(33)28(24)32)22-12-7-20(8-13-22)9-14-23-15-18-26(35-4-2)30(34)27(23)31/h7-9,12-19,21H,3-6,10-11H2,1-2H3. The van der Waals surface area contributed by atoms with Crippen molar-refractivity contribution in [2.24, 2.45) is 5.92 Å². The molecule has 0 aromatic heterocycles. The molecule has 5 heteroatoms. The monoisotopic (exact) mass is 482 g/mol. The summed E-state index contributed by atoms with van der Waals surface area (Å²) in [5, 5.41) is 0. The summed E-state index contributed by atoms with van der Waals surface area (Å²) in [4.78, 5) is 0. The van der Waals surface area contributed by atoms with Gasteiger partial charge >= 0.3 is 0 Å². The Morgan fingerprint density at radius 3 is 2.11 bits per heavy atom. The van der Waals surface area contributed by atoms with Crippen LogP contribution in [0.4, 0.5) is 17.6 Å². The fourth-order valence-electron chi connectivity index (χ4n) is 4.89. The molecule has 1 saturated carbocycles. The van der Waals surface area contributed by atoms with Gasteiger partial charge in [0, 0.05) is 11.1 Å². The van der Waals surface area contributed by atoms with Gasteiger partial charge in [-0.2, -0.15) is 4.39 Å². The third kappa shape index (κ3) is 5.44. The Morgan fingerprint density at radius 2 is 1.46 bits per heavy atom. The van der Waals surface area contributed by atoms with Crippen LogP contribution < -0.4 is 4.74 Å². The average Bonchev–Trinajstić information content (AvgIpc) is 2.88. The highest BCUT2D eigenvalue weighted by Crippen LogP contribution is 2.39. The molecule has 0 N–H and O–H groups in total. The van der Waals surface area contributed by atoms with Gasteiger partial charge in [-0.25, -0.2) is 13.2 Å². The molecule has 1 aliphatic carbocycles. The molecular formula is C30H30F4O. The van der Waals surface area contributed by atoms with E-state index >= 15 is 4.39 Å². The Kier molecular flexibility index (Phi) is 7.94. The maximum absolute atomic E-state index is 15.0. The first-order valence-corrected chi connectivity index (χ1v) is 12.3. The van der Waals surface area contributed by atoms with Crippen LogP contribution in [0.25, 0.3) is 23.3 Å². The van der Waals surface area contributed by atoms with Crippen LogP contribution in [0.5, 0.6) is 5.75 Å². The van der Waals surface area contributed by atoms with Crippen molar-refractivity contribution < 1.29 is 22.3 Å². The summed E-state index contributed by atoms with van der Waals surface area (Å²) in [5.74, 6) is -2.94. The first-order valence-electron chi connectivity index (χ1n) is 12.3. The maximum atomic E-state index is 15.0. The van der Waals surface area contributed by atoms with Gasteiger partial charge in [0.25, 0.3) is 0 Å². The number of benzene rings is 3. The summed E-state index contributed by atoms with van der Waals surface area (Å²) < 4.78 is 63.4. The summed E-state index contributed by atoms with van der Waals surface area (Å²) in [6, 6.07) is 13.1. The van der Waals surface area contributed by atoms with E-state index in [0.29, 0.717) is 22.6 Å². The fraction of sp³-hybridized carbons (Fsp3) is 0.333. The zero-order valence-electron chi connectivity index (χ0n) is 20.1. The van der Waals surface area contributed by atoms with E-state index in [2.05, 4.69) is 6.92 Å². The van der Waals surface area contributed by atoms with Crippen LogP contribution in [0.1, 0.15) is 68.6 Å². The first kappa shape index (κ1) is 25.0. The zero-order valence-corrected chi connectivity index (χ0v) is 20.1. The average molecular weight is 483 g/mol. The molecule has 0 unspecified atom stereocenters. The van der Waals surface area contributed by atoms with Crippen LogP contribution in [0.15, 0.2) is 48.5 Å². The normalized spacial score (nSPS) is 18.2. The summed E-state index contributed by atoms with van der Waals surface area (Å²) in [7, 11) is 0. The molecule has 3 aromatic rings. The molecule has 0 radical (unpaired) electrons. The van der Waals surface area contributed by atoms with Crippen molar-refractivity contribution in [3.63, 3.8) is 0 Å². The predicted octanol–water partition coefficient (Wildman–Crippen LogP) is 9.16. The minimum absolute atomic E-state index is 0.0710. The van der Waals surface area contributed by atoms with Gasteiger partial charge in [-0.3, -0.25) is 0 Å². The molecule has 4 rings (SSSR count). The van der Waals surface area contributed by atoms with Gasteiger partial charge in [0.2, 0.25) is 5.82 Å². The van der Waals surface area contributed by atoms with Gasteiger partial charge in [-0.05, 0) is 73.3 Å². The van der Waals surface area contributed by atoms with Crippen molar-refractivity contribution in [3.05, 3.63) is 88.5 Å². The lowest BCUT2D eigenvalue weighted by Crippen LogP contribution is -2.14. The summed E-state index contributed by atoms with van der Waals surface area (Å²) >= 11 is 0. The van der Waals surface area contributed by atoms with E-state index in [0.717, 1.165) is 32.1 Å². The fourth-order valence-corrected chi connectivity index (χ4v) is 4.89. The SMILES string of the molecule is CCOc1ccc(C=Cc2ccc(-c3ccc(C4CCC(CC)CC4)c(F)c3F)cc2)c(F)c1F.